The first-order valence-electron chi connectivity index (χ1n) is 18.8. The number of rotatable bonds is 33. The van der Waals surface area contributed by atoms with Gasteiger partial charge >= 0.3 is 25.7 Å². The van der Waals surface area contributed by atoms with E-state index in [1.54, 1.807) is 0 Å². The van der Waals surface area contributed by atoms with Gasteiger partial charge in [0.2, 0.25) is 0 Å². The minimum atomic E-state index is -4.74. The quantitative estimate of drug-likeness (QED) is 0.0191. The number of hydrogen-bond donors (Lipinski definition) is 3. The molecule has 0 heterocycles. The number of carboxylic acids is 1. The van der Waals surface area contributed by atoms with E-state index in [9.17, 15) is 23.8 Å². The molecule has 0 aromatic rings. The Morgan fingerprint density at radius 3 is 1.75 bits per heavy atom. The van der Waals surface area contributed by atoms with Crippen LogP contribution in [0.15, 0.2) is 97.2 Å². The van der Waals surface area contributed by atoms with Crippen LogP contribution < -0.4 is 5.73 Å². The predicted molar refractivity (Wildman–Crippen MR) is 212 cm³/mol. The van der Waals surface area contributed by atoms with Crippen molar-refractivity contribution in [2.24, 2.45) is 5.73 Å². The highest BCUT2D eigenvalue weighted by Gasteiger charge is 2.28. The molecule has 0 saturated carbocycles. The first kappa shape index (κ1) is 49.4. The van der Waals surface area contributed by atoms with Crippen LogP contribution in [0.5, 0.6) is 0 Å². The Morgan fingerprint density at radius 2 is 1.11 bits per heavy atom. The van der Waals surface area contributed by atoms with Crippen molar-refractivity contribution in [1.82, 2.24) is 0 Å². The highest BCUT2D eigenvalue weighted by Crippen LogP contribution is 2.43. The Morgan fingerprint density at radius 1 is 0.604 bits per heavy atom. The fourth-order valence-corrected chi connectivity index (χ4v) is 5.06. The summed E-state index contributed by atoms with van der Waals surface area (Å²) in [5.74, 6) is -2.51. The molecule has 0 bridgehead atoms. The van der Waals surface area contributed by atoms with Crippen molar-refractivity contribution in [1.29, 1.82) is 0 Å². The Labute approximate surface area is 317 Å². The zero-order valence-corrected chi connectivity index (χ0v) is 32.7. The van der Waals surface area contributed by atoms with Crippen LogP contribution in [0.1, 0.15) is 110 Å². The fourth-order valence-electron chi connectivity index (χ4n) is 4.28. The summed E-state index contributed by atoms with van der Waals surface area (Å²) in [6.07, 6.45) is 43.5. The van der Waals surface area contributed by atoms with E-state index in [2.05, 4.69) is 60.9 Å². The molecule has 0 radical (unpaired) electrons. The summed E-state index contributed by atoms with van der Waals surface area (Å²) in [6, 6.07) is -1.54. The van der Waals surface area contributed by atoms with Crippen molar-refractivity contribution < 1.29 is 47.5 Å². The lowest BCUT2D eigenvalue weighted by Gasteiger charge is -2.20. The normalized spacial score (nSPS) is 14.9. The summed E-state index contributed by atoms with van der Waals surface area (Å²) < 4.78 is 32.4. The lowest BCUT2D eigenvalue weighted by atomic mass is 10.1. The summed E-state index contributed by atoms with van der Waals surface area (Å²) >= 11 is 0. The van der Waals surface area contributed by atoms with E-state index in [4.69, 9.17) is 24.8 Å². The van der Waals surface area contributed by atoms with Crippen molar-refractivity contribution in [2.45, 2.75) is 122 Å². The molecule has 2 unspecified atom stereocenters. The number of hydrogen-bond acceptors (Lipinski definition) is 9. The van der Waals surface area contributed by atoms with Crippen molar-refractivity contribution in [3.8, 4) is 0 Å². The number of aliphatic carboxylic acids is 1. The van der Waals surface area contributed by atoms with E-state index in [1.165, 1.54) is 0 Å². The maximum Gasteiger partial charge on any atom is 0.472 e. The monoisotopic (exact) mass is 761 g/mol. The number of esters is 2. The third kappa shape index (κ3) is 35.2. The molecule has 298 valence electrons. The molecule has 0 rings (SSSR count). The molecule has 0 amide bonds. The maximum atomic E-state index is 12.5. The second-order valence-corrected chi connectivity index (χ2v) is 13.5. The Balaban J connectivity index is 4.59. The van der Waals surface area contributed by atoms with Gasteiger partial charge in [-0.1, -0.05) is 137 Å². The number of allylic oxidation sites excluding steroid dienone is 16. The van der Waals surface area contributed by atoms with Gasteiger partial charge in [-0.25, -0.2) is 4.57 Å². The molecular weight excluding hydrogens is 697 g/mol. The lowest BCUT2D eigenvalue weighted by molar-refractivity contribution is -0.161. The number of carbonyl (C=O) groups excluding carboxylic acids is 2. The maximum absolute atomic E-state index is 12.5. The van der Waals surface area contributed by atoms with E-state index in [0.717, 1.165) is 64.2 Å². The average Bonchev–Trinajstić information content (AvgIpc) is 3.13. The van der Waals surface area contributed by atoms with Crippen LogP contribution in [0.4, 0.5) is 0 Å². The molecule has 0 aliphatic rings. The van der Waals surface area contributed by atoms with Crippen LogP contribution in [0, 0.1) is 0 Å². The Kier molecular flexibility index (Phi) is 33.0. The smallest absolute Gasteiger partial charge is 0.472 e. The Hall–Kier alpha value is -3.60. The van der Waals surface area contributed by atoms with Gasteiger partial charge in [0.25, 0.3) is 0 Å². The van der Waals surface area contributed by atoms with Crippen molar-refractivity contribution in [3.63, 3.8) is 0 Å². The molecule has 0 aliphatic carbocycles. The summed E-state index contributed by atoms with van der Waals surface area (Å²) in [4.78, 5) is 45.7. The van der Waals surface area contributed by atoms with Crippen LogP contribution in [0.25, 0.3) is 0 Å². The summed E-state index contributed by atoms with van der Waals surface area (Å²) in [6.45, 7) is 2.41. The van der Waals surface area contributed by atoms with E-state index in [1.807, 2.05) is 54.7 Å². The predicted octanol–water partition coefficient (Wildman–Crippen LogP) is 9.33. The van der Waals surface area contributed by atoms with E-state index < -0.39 is 51.1 Å². The highest BCUT2D eigenvalue weighted by molar-refractivity contribution is 7.47. The van der Waals surface area contributed by atoms with Crippen LogP contribution in [-0.4, -0.2) is 59.9 Å². The number of nitrogens with two attached hydrogens (primary N) is 1. The molecule has 0 aromatic heterocycles. The van der Waals surface area contributed by atoms with Gasteiger partial charge in [0, 0.05) is 12.8 Å². The zero-order chi connectivity index (χ0) is 39.3. The van der Waals surface area contributed by atoms with Crippen LogP contribution >= 0.6 is 7.82 Å². The van der Waals surface area contributed by atoms with E-state index in [-0.39, 0.29) is 19.4 Å². The van der Waals surface area contributed by atoms with Gasteiger partial charge < -0.3 is 25.2 Å². The topological polar surface area (TPSA) is 172 Å². The Bertz CT molecular complexity index is 1270. The van der Waals surface area contributed by atoms with Gasteiger partial charge in [0.15, 0.2) is 6.10 Å². The van der Waals surface area contributed by atoms with Gasteiger partial charge in [-0.05, 0) is 57.8 Å². The first-order valence-corrected chi connectivity index (χ1v) is 20.3. The zero-order valence-electron chi connectivity index (χ0n) is 31.8. The number of phosphoric acid groups is 1. The van der Waals surface area contributed by atoms with Gasteiger partial charge in [0.1, 0.15) is 12.6 Å². The average molecular weight is 762 g/mol. The number of unbranched alkanes of at least 4 members (excludes halogenated alkanes) is 7. The first-order chi connectivity index (χ1) is 25.6. The standard InChI is InChI=1S/C41H64NO10P/c1-3-5-7-9-11-13-15-17-18-19-21-22-24-26-28-30-32-39(43)49-34-37(35-50-53(47,48)51-36-38(42)41(45)46)52-40(44)33-31-29-27-25-23-20-16-14-12-10-8-6-4-2/h5-8,10-14,16-18,20,23,25,27,37-38H,3-4,9,15,19,21-22,24,26,28-36,42H2,1-2H3,(H,45,46)(H,47,48)/b7-5+,8-6+,12-10+,13-11+,16-14+,18-17+,23-20+,27-25+/t37?,38-/m0/s1. The van der Waals surface area contributed by atoms with Gasteiger partial charge in [-0.3, -0.25) is 23.4 Å². The van der Waals surface area contributed by atoms with Gasteiger partial charge in [-0.2, -0.15) is 0 Å². The summed E-state index contributed by atoms with van der Waals surface area (Å²) in [7, 11) is -4.74. The van der Waals surface area contributed by atoms with Crippen LogP contribution in [0.3, 0.4) is 0 Å². The van der Waals surface area contributed by atoms with E-state index in [0.29, 0.717) is 19.3 Å². The third-order valence-corrected chi connectivity index (χ3v) is 8.16. The number of ether oxygens (including phenoxy) is 2. The molecule has 11 nitrogen and oxygen atoms in total. The summed E-state index contributed by atoms with van der Waals surface area (Å²) in [5.41, 5.74) is 5.31. The number of carboxylic acid groups (broad SMARTS) is 1. The second kappa shape index (κ2) is 35.4. The molecule has 53 heavy (non-hydrogen) atoms. The SMILES string of the molecule is CC/C=C/C=C/C=C/C=C/C=C/CCCC(=O)OC(COC(=O)CCCCCCCC/C=C/C/C=C/C/C=C/CC)COP(=O)(O)OC[C@H](N)C(=O)O. The van der Waals surface area contributed by atoms with Gasteiger partial charge in [0.05, 0.1) is 13.2 Å². The van der Waals surface area contributed by atoms with Crippen LogP contribution in [-0.2, 0) is 37.5 Å². The third-order valence-electron chi connectivity index (χ3n) is 7.21. The summed E-state index contributed by atoms with van der Waals surface area (Å²) in [5, 5.41) is 8.86. The van der Waals surface area contributed by atoms with Crippen molar-refractivity contribution >= 4 is 25.7 Å². The molecule has 3 atom stereocenters. The number of phosphoric ester groups is 1. The molecule has 0 fully saturated rings. The fraction of sp³-hybridized carbons (Fsp3) is 0.537. The van der Waals surface area contributed by atoms with E-state index >= 15 is 0 Å². The largest absolute Gasteiger partial charge is 0.480 e. The molecule has 4 N–H and O–H groups in total. The second-order valence-electron chi connectivity index (χ2n) is 12.1. The molecule has 12 heteroatoms. The minimum Gasteiger partial charge on any atom is -0.480 e. The van der Waals surface area contributed by atoms with Gasteiger partial charge in [-0.15, -0.1) is 0 Å². The molecule has 0 saturated heterocycles. The molecule has 0 aromatic carbocycles. The highest BCUT2D eigenvalue weighted by atomic mass is 31.2. The van der Waals surface area contributed by atoms with Crippen molar-refractivity contribution in [2.75, 3.05) is 19.8 Å². The van der Waals surface area contributed by atoms with Crippen molar-refractivity contribution in [3.05, 3.63) is 97.2 Å². The van der Waals surface area contributed by atoms with Crippen LogP contribution in [0.2, 0.25) is 0 Å². The molecular formula is C41H64NO10P. The lowest BCUT2D eigenvalue weighted by Crippen LogP contribution is -2.34. The number of carbonyl (C=O) groups is 3. The molecule has 0 spiro atoms. The minimum absolute atomic E-state index is 0.0556. The molecule has 0 aliphatic heterocycles.